The molecule has 0 unspecified atom stereocenters. The van der Waals surface area contributed by atoms with E-state index in [1.807, 2.05) is 0 Å². The van der Waals surface area contributed by atoms with Crippen LogP contribution in [0.2, 0.25) is 5.15 Å². The largest absolute Gasteiger partial charge is 0.481 e. The summed E-state index contributed by atoms with van der Waals surface area (Å²) in [4.78, 5) is 14.9. The summed E-state index contributed by atoms with van der Waals surface area (Å²) in [7, 11) is 2.32. The first-order chi connectivity index (χ1) is 7.51. The van der Waals surface area contributed by atoms with Gasteiger partial charge in [-0.05, 0) is 0 Å². The van der Waals surface area contributed by atoms with Crippen LogP contribution < -0.4 is 4.74 Å². The lowest BCUT2D eigenvalue weighted by atomic mass is 10.1. The summed E-state index contributed by atoms with van der Waals surface area (Å²) in [5.41, 5.74) is -1.01. The molecule has 1 rings (SSSR count). The van der Waals surface area contributed by atoms with Crippen LogP contribution in [-0.4, -0.2) is 25.2 Å². The van der Waals surface area contributed by atoms with Crippen LogP contribution in [0.3, 0.4) is 0 Å². The van der Waals surface area contributed by atoms with Gasteiger partial charge in [-0.1, -0.05) is 11.6 Å². The molecule has 0 atom stereocenters. The van der Waals surface area contributed by atoms with Gasteiger partial charge in [0.25, 0.3) is 6.43 Å². The maximum atomic E-state index is 12.7. The second-order valence-electron chi connectivity index (χ2n) is 2.71. The first-order valence-electron chi connectivity index (χ1n) is 4.12. The van der Waals surface area contributed by atoms with E-state index in [2.05, 4.69) is 14.5 Å². The molecule has 0 saturated heterocycles. The number of esters is 1. The monoisotopic (exact) mass is 251 g/mol. The highest BCUT2D eigenvalue weighted by molar-refractivity contribution is 6.32. The zero-order valence-corrected chi connectivity index (χ0v) is 9.22. The third kappa shape index (κ3) is 2.38. The fourth-order valence-corrected chi connectivity index (χ4v) is 1.36. The predicted molar refractivity (Wildman–Crippen MR) is 52.1 cm³/mol. The van der Waals surface area contributed by atoms with E-state index in [9.17, 15) is 13.6 Å². The molecule has 7 heteroatoms. The molecule has 1 aromatic rings. The normalized spacial score (nSPS) is 10.4. The van der Waals surface area contributed by atoms with Crippen LogP contribution in [0.5, 0.6) is 5.88 Å². The van der Waals surface area contributed by atoms with Gasteiger partial charge in [-0.3, -0.25) is 0 Å². The number of ether oxygens (including phenoxy) is 2. The fraction of sp³-hybridized carbons (Fsp3) is 0.333. The summed E-state index contributed by atoms with van der Waals surface area (Å²) in [6, 6.07) is 0.947. The van der Waals surface area contributed by atoms with Gasteiger partial charge in [-0.25, -0.2) is 18.6 Å². The molecule has 0 N–H and O–H groups in total. The highest BCUT2D eigenvalue weighted by Gasteiger charge is 2.24. The zero-order valence-electron chi connectivity index (χ0n) is 8.46. The van der Waals surface area contributed by atoms with Crippen LogP contribution in [0.25, 0.3) is 0 Å². The summed E-state index contributed by atoms with van der Waals surface area (Å²) >= 11 is 5.61. The average Bonchev–Trinajstić information content (AvgIpc) is 2.26. The molecule has 0 radical (unpaired) electrons. The number of aromatic nitrogens is 1. The Morgan fingerprint density at radius 3 is 2.56 bits per heavy atom. The molecular weight excluding hydrogens is 244 g/mol. The van der Waals surface area contributed by atoms with Gasteiger partial charge >= 0.3 is 5.97 Å². The van der Waals surface area contributed by atoms with Crippen molar-refractivity contribution in [1.29, 1.82) is 0 Å². The van der Waals surface area contributed by atoms with E-state index in [0.717, 1.165) is 13.2 Å². The van der Waals surface area contributed by atoms with E-state index in [1.165, 1.54) is 7.11 Å². The van der Waals surface area contributed by atoms with Crippen molar-refractivity contribution < 1.29 is 23.0 Å². The Balaban J connectivity index is 3.39. The van der Waals surface area contributed by atoms with Crippen LogP contribution in [0.15, 0.2) is 6.07 Å². The van der Waals surface area contributed by atoms with Crippen molar-refractivity contribution in [2.75, 3.05) is 14.2 Å². The number of carbonyl (C=O) groups is 1. The van der Waals surface area contributed by atoms with Gasteiger partial charge in [0.1, 0.15) is 10.7 Å². The van der Waals surface area contributed by atoms with Crippen molar-refractivity contribution >= 4 is 17.6 Å². The molecule has 0 aliphatic carbocycles. The third-order valence-corrected chi connectivity index (χ3v) is 2.09. The molecule has 0 aliphatic heterocycles. The first-order valence-corrected chi connectivity index (χ1v) is 4.50. The standard InChI is InChI=1S/C9H8ClF2NO3/c1-15-5-3-4(8(11)12)6(7(10)13-5)9(14)16-2/h3,8H,1-2H3. The Labute approximate surface area is 95.1 Å². The lowest BCUT2D eigenvalue weighted by molar-refractivity contribution is 0.0588. The number of methoxy groups -OCH3 is 2. The Bertz CT molecular complexity index is 412. The molecule has 1 aromatic heterocycles. The van der Waals surface area contributed by atoms with Crippen molar-refractivity contribution in [2.24, 2.45) is 0 Å². The lowest BCUT2D eigenvalue weighted by Gasteiger charge is -2.10. The van der Waals surface area contributed by atoms with E-state index in [-0.39, 0.29) is 11.0 Å². The SMILES string of the molecule is COC(=O)c1c(C(F)F)cc(OC)nc1Cl. The van der Waals surface area contributed by atoms with E-state index in [4.69, 9.17) is 11.6 Å². The lowest BCUT2D eigenvalue weighted by Crippen LogP contribution is -2.09. The summed E-state index contributed by atoms with van der Waals surface area (Å²) in [5.74, 6) is -1.05. The van der Waals surface area contributed by atoms with Crippen LogP contribution in [0.4, 0.5) is 8.78 Å². The zero-order chi connectivity index (χ0) is 12.3. The maximum Gasteiger partial charge on any atom is 0.341 e. The second-order valence-corrected chi connectivity index (χ2v) is 3.07. The molecule has 4 nitrogen and oxygen atoms in total. The van der Waals surface area contributed by atoms with Crippen molar-refractivity contribution in [1.82, 2.24) is 4.98 Å². The molecule has 0 fully saturated rings. The number of rotatable bonds is 3. The maximum absolute atomic E-state index is 12.7. The number of pyridine rings is 1. The molecule has 0 spiro atoms. The topological polar surface area (TPSA) is 48.4 Å². The minimum atomic E-state index is -2.87. The van der Waals surface area contributed by atoms with Gasteiger partial charge in [-0.15, -0.1) is 0 Å². The van der Waals surface area contributed by atoms with Gasteiger partial charge in [0.2, 0.25) is 5.88 Å². The Morgan fingerprint density at radius 2 is 2.12 bits per heavy atom. The summed E-state index contributed by atoms with van der Waals surface area (Å²) in [6.07, 6.45) is -2.87. The summed E-state index contributed by atoms with van der Waals surface area (Å²) < 4.78 is 34.4. The van der Waals surface area contributed by atoms with E-state index in [1.54, 1.807) is 0 Å². The predicted octanol–water partition coefficient (Wildman–Crippen LogP) is 2.47. The van der Waals surface area contributed by atoms with Crippen molar-refractivity contribution in [2.45, 2.75) is 6.43 Å². The molecule has 88 valence electrons. The van der Waals surface area contributed by atoms with Crippen molar-refractivity contribution in [3.8, 4) is 5.88 Å². The number of hydrogen-bond donors (Lipinski definition) is 0. The van der Waals surface area contributed by atoms with Crippen LogP contribution >= 0.6 is 11.6 Å². The van der Waals surface area contributed by atoms with Crippen LogP contribution in [-0.2, 0) is 4.74 Å². The molecule has 0 amide bonds. The molecular formula is C9H8ClF2NO3. The van der Waals surface area contributed by atoms with Gasteiger partial charge < -0.3 is 9.47 Å². The fourth-order valence-electron chi connectivity index (χ4n) is 1.09. The molecule has 16 heavy (non-hydrogen) atoms. The van der Waals surface area contributed by atoms with Crippen molar-refractivity contribution in [3.63, 3.8) is 0 Å². The quantitative estimate of drug-likeness (QED) is 0.612. The van der Waals surface area contributed by atoms with Crippen LogP contribution in [0, 0.1) is 0 Å². The highest BCUT2D eigenvalue weighted by atomic mass is 35.5. The number of carbonyl (C=O) groups excluding carboxylic acids is 1. The van der Waals surface area contributed by atoms with Gasteiger partial charge in [-0.2, -0.15) is 0 Å². The Kier molecular flexibility index (Phi) is 4.00. The number of hydrogen-bond acceptors (Lipinski definition) is 4. The number of nitrogens with zero attached hydrogens (tertiary/aromatic N) is 1. The average molecular weight is 252 g/mol. The number of halogens is 3. The first kappa shape index (κ1) is 12.6. The summed E-state index contributed by atoms with van der Waals surface area (Å²) in [6.45, 7) is 0. The highest BCUT2D eigenvalue weighted by Crippen LogP contribution is 2.30. The summed E-state index contributed by atoms with van der Waals surface area (Å²) in [5, 5.41) is -0.374. The van der Waals surface area contributed by atoms with Crippen LogP contribution in [0.1, 0.15) is 22.3 Å². The third-order valence-electron chi connectivity index (χ3n) is 1.82. The van der Waals surface area contributed by atoms with E-state index < -0.39 is 23.5 Å². The minimum absolute atomic E-state index is 0.0899. The Morgan fingerprint density at radius 1 is 1.50 bits per heavy atom. The van der Waals surface area contributed by atoms with Gasteiger partial charge in [0.05, 0.1) is 14.2 Å². The molecule has 1 heterocycles. The second kappa shape index (κ2) is 5.07. The number of alkyl halides is 2. The molecule has 0 saturated carbocycles. The molecule has 0 aromatic carbocycles. The molecule has 0 aliphatic rings. The minimum Gasteiger partial charge on any atom is -0.481 e. The van der Waals surface area contributed by atoms with Gasteiger partial charge in [0, 0.05) is 11.6 Å². The van der Waals surface area contributed by atoms with E-state index in [0.29, 0.717) is 0 Å². The smallest absolute Gasteiger partial charge is 0.341 e. The molecule has 0 bridgehead atoms. The van der Waals surface area contributed by atoms with Gasteiger partial charge in [0.15, 0.2) is 0 Å². The Hall–Kier alpha value is -1.43. The van der Waals surface area contributed by atoms with E-state index >= 15 is 0 Å². The van der Waals surface area contributed by atoms with Crippen molar-refractivity contribution in [3.05, 3.63) is 22.3 Å².